The van der Waals surface area contributed by atoms with Crippen LogP contribution in [0.2, 0.25) is 0 Å². The highest BCUT2D eigenvalue weighted by molar-refractivity contribution is 5.81. The van der Waals surface area contributed by atoms with E-state index < -0.39 is 5.97 Å². The number of carbonyl (C=O) groups is 2. The van der Waals surface area contributed by atoms with Crippen LogP contribution in [0.5, 0.6) is 0 Å². The van der Waals surface area contributed by atoms with Gasteiger partial charge in [0.05, 0.1) is 0 Å². The van der Waals surface area contributed by atoms with Gasteiger partial charge in [-0.1, -0.05) is 0 Å². The third kappa shape index (κ3) is 4.20. The maximum Gasteiger partial charge on any atom is 0.303 e. The first-order chi connectivity index (χ1) is 9.16. The number of carboxylic acids is 1. The molecule has 2 heterocycles. The number of piperidine rings is 1. The van der Waals surface area contributed by atoms with Gasteiger partial charge in [-0.15, -0.1) is 0 Å². The van der Waals surface area contributed by atoms with Crippen molar-refractivity contribution in [3.05, 3.63) is 0 Å². The zero-order valence-corrected chi connectivity index (χ0v) is 11.3. The zero-order valence-electron chi connectivity index (χ0n) is 11.3. The van der Waals surface area contributed by atoms with Gasteiger partial charge < -0.3 is 14.7 Å². The Morgan fingerprint density at radius 2 is 2.05 bits per heavy atom. The van der Waals surface area contributed by atoms with Crippen LogP contribution in [0.3, 0.4) is 0 Å². The van der Waals surface area contributed by atoms with Crippen molar-refractivity contribution in [3.63, 3.8) is 0 Å². The van der Waals surface area contributed by atoms with E-state index in [1.54, 1.807) is 0 Å². The molecule has 0 aromatic carbocycles. The number of aliphatic carboxylic acids is 1. The molecule has 0 unspecified atom stereocenters. The summed E-state index contributed by atoms with van der Waals surface area (Å²) < 4.78 is 5.54. The zero-order chi connectivity index (χ0) is 13.7. The number of carboxylic acid groups (broad SMARTS) is 1. The Morgan fingerprint density at radius 1 is 1.21 bits per heavy atom. The average molecular weight is 269 g/mol. The SMILES string of the molecule is O=C(O)CC[C@@H]1CCCN(C(=O)[C@H]2CCCCO2)C1. The van der Waals surface area contributed by atoms with Gasteiger partial charge in [0.2, 0.25) is 0 Å². The molecule has 0 radical (unpaired) electrons. The van der Waals surface area contributed by atoms with E-state index in [0.717, 1.165) is 38.6 Å². The van der Waals surface area contributed by atoms with Crippen LogP contribution in [0.1, 0.15) is 44.9 Å². The minimum atomic E-state index is -0.751. The molecule has 2 saturated heterocycles. The fraction of sp³-hybridized carbons (Fsp3) is 0.857. The van der Waals surface area contributed by atoms with Crippen molar-refractivity contribution in [3.8, 4) is 0 Å². The van der Waals surface area contributed by atoms with E-state index in [1.807, 2.05) is 4.90 Å². The number of carbonyl (C=O) groups excluding carboxylic acids is 1. The molecule has 1 amide bonds. The quantitative estimate of drug-likeness (QED) is 0.843. The van der Waals surface area contributed by atoms with E-state index >= 15 is 0 Å². The standard InChI is InChI=1S/C14H23NO4/c16-13(17)7-6-11-4-3-8-15(10-11)14(18)12-5-1-2-9-19-12/h11-12H,1-10H2,(H,16,17)/t11-,12+/m0/s1. The summed E-state index contributed by atoms with van der Waals surface area (Å²) in [6.07, 6.45) is 5.56. The van der Waals surface area contributed by atoms with Gasteiger partial charge in [0.25, 0.3) is 5.91 Å². The summed E-state index contributed by atoms with van der Waals surface area (Å²) in [4.78, 5) is 24.8. The van der Waals surface area contributed by atoms with Crippen LogP contribution in [0.25, 0.3) is 0 Å². The van der Waals surface area contributed by atoms with Crippen LogP contribution in [0.4, 0.5) is 0 Å². The van der Waals surface area contributed by atoms with Crippen molar-refractivity contribution in [2.24, 2.45) is 5.92 Å². The van der Waals surface area contributed by atoms with Crippen molar-refractivity contribution in [2.45, 2.75) is 51.0 Å². The molecule has 2 aliphatic heterocycles. The number of hydrogen-bond donors (Lipinski definition) is 1. The number of likely N-dealkylation sites (tertiary alicyclic amines) is 1. The third-order valence-corrected chi connectivity index (χ3v) is 4.05. The first kappa shape index (κ1) is 14.3. The average Bonchev–Trinajstić information content (AvgIpc) is 2.45. The number of rotatable bonds is 4. The van der Waals surface area contributed by atoms with E-state index in [1.165, 1.54) is 0 Å². The lowest BCUT2D eigenvalue weighted by molar-refractivity contribution is -0.148. The molecule has 2 aliphatic rings. The molecule has 5 heteroatoms. The molecule has 108 valence electrons. The Balaban J connectivity index is 1.82. The number of nitrogens with zero attached hydrogens (tertiary/aromatic N) is 1. The van der Waals surface area contributed by atoms with Crippen molar-refractivity contribution < 1.29 is 19.4 Å². The molecule has 2 rings (SSSR count). The summed E-state index contributed by atoms with van der Waals surface area (Å²) in [7, 11) is 0. The summed E-state index contributed by atoms with van der Waals surface area (Å²) in [6.45, 7) is 2.18. The van der Waals surface area contributed by atoms with Gasteiger partial charge in [-0.3, -0.25) is 9.59 Å². The summed E-state index contributed by atoms with van der Waals surface area (Å²) in [5, 5.41) is 8.72. The molecule has 0 aromatic rings. The van der Waals surface area contributed by atoms with Crippen LogP contribution in [-0.2, 0) is 14.3 Å². The van der Waals surface area contributed by atoms with Crippen LogP contribution in [0, 0.1) is 5.92 Å². The number of hydrogen-bond acceptors (Lipinski definition) is 3. The van der Waals surface area contributed by atoms with Crippen LogP contribution in [0.15, 0.2) is 0 Å². The Kier molecular flexibility index (Phi) is 5.19. The lowest BCUT2D eigenvalue weighted by Gasteiger charge is -2.35. The largest absolute Gasteiger partial charge is 0.481 e. The predicted molar refractivity (Wildman–Crippen MR) is 69.8 cm³/mol. The topological polar surface area (TPSA) is 66.8 Å². The predicted octanol–water partition coefficient (Wildman–Crippen LogP) is 1.66. The Hall–Kier alpha value is -1.10. The van der Waals surface area contributed by atoms with Gasteiger partial charge in [0.1, 0.15) is 6.10 Å². The number of amides is 1. The molecular weight excluding hydrogens is 246 g/mol. The lowest BCUT2D eigenvalue weighted by atomic mass is 9.93. The maximum absolute atomic E-state index is 12.3. The Labute approximate surface area is 113 Å². The fourth-order valence-electron chi connectivity index (χ4n) is 2.97. The van der Waals surface area contributed by atoms with E-state index in [2.05, 4.69) is 0 Å². The van der Waals surface area contributed by atoms with Gasteiger partial charge >= 0.3 is 5.97 Å². The molecule has 1 N–H and O–H groups in total. The van der Waals surface area contributed by atoms with Gasteiger partial charge in [-0.2, -0.15) is 0 Å². The van der Waals surface area contributed by atoms with E-state index in [-0.39, 0.29) is 18.4 Å². The normalized spacial score (nSPS) is 28.1. The van der Waals surface area contributed by atoms with Crippen molar-refractivity contribution in [2.75, 3.05) is 19.7 Å². The van der Waals surface area contributed by atoms with Crippen LogP contribution in [-0.4, -0.2) is 47.7 Å². The van der Waals surface area contributed by atoms with Gasteiger partial charge in [-0.25, -0.2) is 0 Å². The van der Waals surface area contributed by atoms with Crippen LogP contribution < -0.4 is 0 Å². The molecule has 0 saturated carbocycles. The highest BCUT2D eigenvalue weighted by Gasteiger charge is 2.30. The third-order valence-electron chi connectivity index (χ3n) is 4.05. The minimum Gasteiger partial charge on any atom is -0.481 e. The molecule has 19 heavy (non-hydrogen) atoms. The van der Waals surface area contributed by atoms with Gasteiger partial charge in [0.15, 0.2) is 0 Å². The first-order valence-electron chi connectivity index (χ1n) is 7.29. The molecule has 2 atom stereocenters. The Bertz CT molecular complexity index is 325. The Morgan fingerprint density at radius 3 is 2.74 bits per heavy atom. The molecule has 2 fully saturated rings. The van der Waals surface area contributed by atoms with Crippen LogP contribution >= 0.6 is 0 Å². The summed E-state index contributed by atoms with van der Waals surface area (Å²) in [5.74, 6) is -0.309. The molecule has 0 spiro atoms. The summed E-state index contributed by atoms with van der Waals surface area (Å²) in [6, 6.07) is 0. The summed E-state index contributed by atoms with van der Waals surface area (Å²) in [5.41, 5.74) is 0. The molecule has 0 bridgehead atoms. The van der Waals surface area contributed by atoms with Crippen molar-refractivity contribution in [1.29, 1.82) is 0 Å². The smallest absolute Gasteiger partial charge is 0.303 e. The number of ether oxygens (including phenoxy) is 1. The maximum atomic E-state index is 12.3. The highest BCUT2D eigenvalue weighted by Crippen LogP contribution is 2.23. The van der Waals surface area contributed by atoms with Crippen molar-refractivity contribution >= 4 is 11.9 Å². The molecular formula is C14H23NO4. The lowest BCUT2D eigenvalue weighted by Crippen LogP contribution is -2.46. The molecule has 0 aliphatic carbocycles. The van der Waals surface area contributed by atoms with Gasteiger partial charge in [-0.05, 0) is 44.4 Å². The second-order valence-electron chi connectivity index (χ2n) is 5.58. The second-order valence-corrected chi connectivity index (χ2v) is 5.58. The van der Waals surface area contributed by atoms with Crippen molar-refractivity contribution in [1.82, 2.24) is 4.90 Å². The van der Waals surface area contributed by atoms with E-state index in [9.17, 15) is 9.59 Å². The second kappa shape index (κ2) is 6.89. The molecule has 5 nitrogen and oxygen atoms in total. The monoisotopic (exact) mass is 269 g/mol. The van der Waals surface area contributed by atoms with E-state index in [4.69, 9.17) is 9.84 Å². The minimum absolute atomic E-state index is 0.111. The van der Waals surface area contributed by atoms with E-state index in [0.29, 0.717) is 25.5 Å². The first-order valence-corrected chi connectivity index (χ1v) is 7.29. The summed E-state index contributed by atoms with van der Waals surface area (Å²) >= 11 is 0. The highest BCUT2D eigenvalue weighted by atomic mass is 16.5. The fourth-order valence-corrected chi connectivity index (χ4v) is 2.97. The molecule has 0 aromatic heterocycles. The van der Waals surface area contributed by atoms with Gasteiger partial charge in [0, 0.05) is 26.1 Å².